The molecule has 18 heavy (non-hydrogen) atoms. The molecule has 0 saturated heterocycles. The van der Waals surface area contributed by atoms with E-state index in [9.17, 15) is 14.4 Å². The molecule has 0 aromatic heterocycles. The van der Waals surface area contributed by atoms with Crippen LogP contribution in [0.25, 0.3) is 5.53 Å². The van der Waals surface area contributed by atoms with E-state index in [0.29, 0.717) is 0 Å². The molecule has 6 heteroatoms. The molecule has 1 aliphatic rings. The van der Waals surface area contributed by atoms with Gasteiger partial charge in [0.1, 0.15) is 0 Å². The number of hydrogen-bond donors (Lipinski definition) is 0. The van der Waals surface area contributed by atoms with Crippen LogP contribution < -0.4 is 0 Å². The zero-order chi connectivity index (χ0) is 13.3. The first-order valence-electron chi connectivity index (χ1n) is 5.23. The lowest BCUT2D eigenvalue weighted by Gasteiger charge is -2.10. The fourth-order valence-electron chi connectivity index (χ4n) is 1.70. The highest BCUT2D eigenvalue weighted by atomic mass is 16.2. The predicted octanol–water partition coefficient (Wildman–Crippen LogP) is 0.542. The Morgan fingerprint density at radius 2 is 1.72 bits per heavy atom. The number of imide groups is 1. The van der Waals surface area contributed by atoms with Gasteiger partial charge in [-0.15, -0.1) is 0 Å². The second-order valence-electron chi connectivity index (χ2n) is 3.85. The van der Waals surface area contributed by atoms with Crippen LogP contribution in [0.5, 0.6) is 0 Å². The topological polar surface area (TPSA) is 90.8 Å². The number of amides is 2. The molecule has 0 aliphatic carbocycles. The summed E-state index contributed by atoms with van der Waals surface area (Å²) in [5, 5.41) is 0. The average Bonchev–Trinajstić information content (AvgIpc) is 2.63. The number of Topliss-reactive ketones (excluding diaryl/α,β-unsaturated/α-hetero) is 1. The van der Waals surface area contributed by atoms with Crippen LogP contribution in [-0.2, 0) is 4.79 Å². The number of ketones is 1. The summed E-state index contributed by atoms with van der Waals surface area (Å²) in [6.45, 7) is 0.892. The molecule has 2 amide bonds. The standard InChI is InChI=1S/C12H9N3O3/c1-7(14-13)10(16)6-15-11(17)8-4-2-3-5-9(8)12(15)18/h2-5H,6H2,1H3. The highest BCUT2D eigenvalue weighted by Gasteiger charge is 2.37. The Hall–Kier alpha value is -2.59. The van der Waals surface area contributed by atoms with Crippen LogP contribution in [0.2, 0.25) is 0 Å². The summed E-state index contributed by atoms with van der Waals surface area (Å²) >= 11 is 0. The Morgan fingerprint density at radius 1 is 1.22 bits per heavy atom. The molecule has 0 saturated carbocycles. The minimum absolute atomic E-state index is 0.147. The van der Waals surface area contributed by atoms with Crippen LogP contribution in [0, 0.1) is 0 Å². The van der Waals surface area contributed by atoms with Crippen molar-refractivity contribution in [3.05, 3.63) is 40.9 Å². The van der Waals surface area contributed by atoms with Crippen molar-refractivity contribution in [3.63, 3.8) is 0 Å². The van der Waals surface area contributed by atoms with E-state index in [1.54, 1.807) is 12.1 Å². The molecule has 1 aromatic carbocycles. The van der Waals surface area contributed by atoms with E-state index >= 15 is 0 Å². The summed E-state index contributed by atoms with van der Waals surface area (Å²) in [5.74, 6) is -1.59. The van der Waals surface area contributed by atoms with Crippen molar-refractivity contribution >= 4 is 23.3 Å². The van der Waals surface area contributed by atoms with Gasteiger partial charge in [0.2, 0.25) is 0 Å². The minimum Gasteiger partial charge on any atom is -0.361 e. The van der Waals surface area contributed by atoms with Crippen LogP contribution in [-0.4, -0.2) is 39.5 Å². The van der Waals surface area contributed by atoms with Gasteiger partial charge in [-0.05, 0) is 12.1 Å². The second kappa shape index (κ2) is 4.35. The molecule has 90 valence electrons. The number of hydrogen-bond acceptors (Lipinski definition) is 3. The summed E-state index contributed by atoms with van der Waals surface area (Å²) in [4.78, 5) is 38.9. The van der Waals surface area contributed by atoms with Crippen molar-refractivity contribution < 1.29 is 19.2 Å². The predicted molar refractivity (Wildman–Crippen MR) is 61.1 cm³/mol. The molecule has 0 spiro atoms. The maximum absolute atomic E-state index is 11.9. The fraction of sp³-hybridized carbons (Fsp3) is 0.167. The Bertz CT molecular complexity index is 580. The quantitative estimate of drug-likeness (QED) is 0.336. The van der Waals surface area contributed by atoms with E-state index in [-0.39, 0.29) is 16.8 Å². The van der Waals surface area contributed by atoms with Crippen LogP contribution in [0.4, 0.5) is 0 Å². The summed E-state index contributed by atoms with van der Waals surface area (Å²) in [5.41, 5.74) is 8.89. The molecular formula is C12H9N3O3. The molecule has 1 aliphatic heterocycles. The molecule has 2 rings (SSSR count). The van der Waals surface area contributed by atoms with Crippen molar-refractivity contribution in [3.8, 4) is 0 Å². The Balaban J connectivity index is 2.30. The number of carbonyl (C=O) groups excluding carboxylic acids is 3. The fourth-order valence-corrected chi connectivity index (χ4v) is 1.70. The van der Waals surface area contributed by atoms with Gasteiger partial charge < -0.3 is 5.53 Å². The Kier molecular flexibility index (Phi) is 2.87. The van der Waals surface area contributed by atoms with Crippen molar-refractivity contribution in [2.45, 2.75) is 6.92 Å². The summed E-state index contributed by atoms with van der Waals surface area (Å²) < 4.78 is 0. The maximum atomic E-state index is 11.9. The van der Waals surface area contributed by atoms with Gasteiger partial charge in [0.05, 0.1) is 17.7 Å². The summed E-state index contributed by atoms with van der Waals surface area (Å²) in [7, 11) is 0. The normalized spacial score (nSPS) is 13.3. The monoisotopic (exact) mass is 243 g/mol. The first-order chi connectivity index (χ1) is 8.56. The van der Waals surface area contributed by atoms with Gasteiger partial charge >= 0.3 is 5.71 Å². The molecule has 0 N–H and O–H groups in total. The number of nitrogens with zero attached hydrogens (tertiary/aromatic N) is 3. The molecule has 1 aromatic rings. The molecule has 0 unspecified atom stereocenters. The largest absolute Gasteiger partial charge is 0.361 e. The number of carbonyl (C=O) groups is 3. The third-order valence-electron chi connectivity index (χ3n) is 2.73. The summed E-state index contributed by atoms with van der Waals surface area (Å²) in [6, 6.07) is 6.37. The van der Waals surface area contributed by atoms with Gasteiger partial charge in [-0.3, -0.25) is 19.3 Å². The summed E-state index contributed by atoms with van der Waals surface area (Å²) in [6.07, 6.45) is 0. The van der Waals surface area contributed by atoms with E-state index < -0.39 is 24.1 Å². The van der Waals surface area contributed by atoms with E-state index in [1.165, 1.54) is 19.1 Å². The third-order valence-corrected chi connectivity index (χ3v) is 2.73. The van der Waals surface area contributed by atoms with E-state index in [2.05, 4.69) is 4.79 Å². The van der Waals surface area contributed by atoms with Crippen molar-refractivity contribution in [2.24, 2.45) is 0 Å². The van der Waals surface area contributed by atoms with Crippen molar-refractivity contribution in [1.29, 1.82) is 0 Å². The number of fused-ring (bicyclic) bond motifs is 1. The van der Waals surface area contributed by atoms with Gasteiger partial charge in [-0.25, -0.2) is 0 Å². The zero-order valence-corrected chi connectivity index (χ0v) is 9.58. The Morgan fingerprint density at radius 3 is 2.17 bits per heavy atom. The van der Waals surface area contributed by atoms with Crippen LogP contribution in [0.3, 0.4) is 0 Å². The molecule has 0 radical (unpaired) electrons. The van der Waals surface area contributed by atoms with Gasteiger partial charge in [-0.1, -0.05) is 12.1 Å². The van der Waals surface area contributed by atoms with Crippen LogP contribution in [0.15, 0.2) is 24.3 Å². The van der Waals surface area contributed by atoms with Crippen molar-refractivity contribution in [1.82, 2.24) is 4.90 Å². The van der Waals surface area contributed by atoms with Gasteiger partial charge in [0.15, 0.2) is 0 Å². The average molecular weight is 243 g/mol. The van der Waals surface area contributed by atoms with Gasteiger partial charge in [-0.2, -0.15) is 4.79 Å². The molecular weight excluding hydrogens is 234 g/mol. The van der Waals surface area contributed by atoms with Gasteiger partial charge in [0.25, 0.3) is 17.6 Å². The van der Waals surface area contributed by atoms with Gasteiger partial charge in [0, 0.05) is 6.92 Å². The van der Waals surface area contributed by atoms with Crippen molar-refractivity contribution in [2.75, 3.05) is 6.54 Å². The Labute approximate surface area is 102 Å². The highest BCUT2D eigenvalue weighted by Crippen LogP contribution is 2.21. The maximum Gasteiger partial charge on any atom is 0.333 e. The van der Waals surface area contributed by atoms with E-state index in [0.717, 1.165) is 4.90 Å². The highest BCUT2D eigenvalue weighted by molar-refractivity contribution is 6.38. The number of benzene rings is 1. The molecule has 6 nitrogen and oxygen atoms in total. The first kappa shape index (κ1) is 11.9. The molecule has 0 atom stereocenters. The van der Waals surface area contributed by atoms with Crippen LogP contribution in [0.1, 0.15) is 27.6 Å². The molecule has 0 bridgehead atoms. The minimum atomic E-state index is -0.577. The SMILES string of the molecule is CC(=[N+]=[N-])C(=O)CN1C(=O)c2ccccc2C1=O. The molecule has 0 fully saturated rings. The third kappa shape index (κ3) is 1.74. The first-order valence-corrected chi connectivity index (χ1v) is 5.23. The van der Waals surface area contributed by atoms with E-state index in [1.807, 2.05) is 0 Å². The molecule has 1 heterocycles. The van der Waals surface area contributed by atoms with E-state index in [4.69, 9.17) is 5.53 Å². The number of rotatable bonds is 3. The lowest BCUT2D eigenvalue weighted by Crippen LogP contribution is -2.37. The smallest absolute Gasteiger partial charge is 0.333 e. The van der Waals surface area contributed by atoms with Crippen LogP contribution >= 0.6 is 0 Å². The lowest BCUT2D eigenvalue weighted by molar-refractivity contribution is -0.117. The zero-order valence-electron chi connectivity index (χ0n) is 9.58. The lowest BCUT2D eigenvalue weighted by atomic mass is 10.1. The second-order valence-corrected chi connectivity index (χ2v) is 3.85.